The van der Waals surface area contributed by atoms with E-state index < -0.39 is 10.0 Å². The van der Waals surface area contributed by atoms with E-state index in [1.54, 1.807) is 24.0 Å². The summed E-state index contributed by atoms with van der Waals surface area (Å²) in [7, 11) is -1.84. The van der Waals surface area contributed by atoms with Crippen LogP contribution in [-0.4, -0.2) is 49.2 Å². The minimum atomic E-state index is -3.43. The number of hydrogen-bond donors (Lipinski definition) is 1. The number of sulfonamides is 1. The third-order valence-corrected chi connectivity index (χ3v) is 5.00. The Morgan fingerprint density at radius 3 is 2.90 bits per heavy atom. The quantitative estimate of drug-likeness (QED) is 0.496. The van der Waals surface area contributed by atoms with Gasteiger partial charge in [-0.05, 0) is 32.4 Å². The van der Waals surface area contributed by atoms with Crippen LogP contribution < -0.4 is 5.32 Å². The third kappa shape index (κ3) is 5.61. The third-order valence-electron chi connectivity index (χ3n) is 3.19. The van der Waals surface area contributed by atoms with Gasteiger partial charge < -0.3 is 5.32 Å². The number of allylic oxidation sites excluding steroid dienone is 1. The van der Waals surface area contributed by atoms with Gasteiger partial charge in [0.25, 0.3) is 0 Å². The van der Waals surface area contributed by atoms with Gasteiger partial charge in [-0.3, -0.25) is 4.68 Å². The zero-order chi connectivity index (χ0) is 15.7. The highest BCUT2D eigenvalue weighted by Crippen LogP contribution is 2.14. The molecule has 0 amide bonds. The number of unbranched alkanes of at least 4 members (excludes halogenated alkanes) is 1. The summed E-state index contributed by atoms with van der Waals surface area (Å²) in [4.78, 5) is 0.257. The summed E-state index contributed by atoms with van der Waals surface area (Å²) in [6, 6.07) is 0. The van der Waals surface area contributed by atoms with Crippen LogP contribution in [0.1, 0.15) is 26.2 Å². The van der Waals surface area contributed by atoms with Crippen LogP contribution in [0.15, 0.2) is 29.9 Å². The second-order valence-corrected chi connectivity index (χ2v) is 6.95. The molecule has 0 aliphatic heterocycles. The van der Waals surface area contributed by atoms with Crippen LogP contribution in [0.4, 0.5) is 0 Å². The van der Waals surface area contributed by atoms with Crippen LogP contribution in [0.25, 0.3) is 0 Å². The number of nitrogens with one attached hydrogen (secondary N) is 1. The van der Waals surface area contributed by atoms with Crippen molar-refractivity contribution in [2.45, 2.75) is 37.6 Å². The van der Waals surface area contributed by atoms with Gasteiger partial charge in [0.05, 0.1) is 6.20 Å². The maximum Gasteiger partial charge on any atom is 0.245 e. The van der Waals surface area contributed by atoms with Gasteiger partial charge in [-0.15, -0.1) is 6.58 Å². The molecular weight excluding hydrogens is 288 g/mol. The molecule has 0 radical (unpaired) electrons. The fourth-order valence-corrected chi connectivity index (χ4v) is 3.07. The van der Waals surface area contributed by atoms with E-state index in [1.807, 2.05) is 0 Å². The lowest BCUT2D eigenvalue weighted by Gasteiger charge is -2.15. The summed E-state index contributed by atoms with van der Waals surface area (Å²) < 4.78 is 27.8. The predicted molar refractivity (Wildman–Crippen MR) is 84.6 cm³/mol. The van der Waals surface area contributed by atoms with Crippen molar-refractivity contribution < 1.29 is 8.42 Å². The second-order valence-electron chi connectivity index (χ2n) is 4.90. The first-order valence-corrected chi connectivity index (χ1v) is 8.76. The molecule has 21 heavy (non-hydrogen) atoms. The first kappa shape index (κ1) is 17.9. The Hall–Kier alpha value is -1.18. The van der Waals surface area contributed by atoms with E-state index in [1.165, 1.54) is 10.5 Å². The van der Waals surface area contributed by atoms with E-state index >= 15 is 0 Å². The largest absolute Gasteiger partial charge is 0.317 e. The first-order chi connectivity index (χ1) is 10.0. The van der Waals surface area contributed by atoms with Crippen molar-refractivity contribution in [3.05, 3.63) is 25.0 Å². The molecule has 1 aromatic rings. The number of aryl methyl sites for hydroxylation is 1. The van der Waals surface area contributed by atoms with E-state index in [0.717, 1.165) is 32.4 Å². The molecule has 7 heteroatoms. The molecule has 0 saturated carbocycles. The van der Waals surface area contributed by atoms with Crippen LogP contribution >= 0.6 is 0 Å². The summed E-state index contributed by atoms with van der Waals surface area (Å²) in [5.41, 5.74) is 0. The van der Waals surface area contributed by atoms with Crippen LogP contribution in [0.3, 0.4) is 0 Å². The molecule has 1 heterocycles. The lowest BCUT2D eigenvalue weighted by Crippen LogP contribution is -2.27. The molecule has 0 aliphatic rings. The molecular formula is C14H26N4O2S. The molecule has 0 atom stereocenters. The van der Waals surface area contributed by atoms with Crippen LogP contribution in [-0.2, 0) is 16.6 Å². The van der Waals surface area contributed by atoms with E-state index in [-0.39, 0.29) is 4.90 Å². The topological polar surface area (TPSA) is 67.2 Å². The van der Waals surface area contributed by atoms with Crippen LogP contribution in [0, 0.1) is 0 Å². The zero-order valence-corrected chi connectivity index (χ0v) is 13.8. The molecule has 0 aliphatic carbocycles. The van der Waals surface area contributed by atoms with Gasteiger partial charge in [0.15, 0.2) is 0 Å². The van der Waals surface area contributed by atoms with E-state index in [0.29, 0.717) is 13.1 Å². The van der Waals surface area contributed by atoms with Crippen molar-refractivity contribution in [3.63, 3.8) is 0 Å². The molecule has 0 unspecified atom stereocenters. The summed E-state index contributed by atoms with van der Waals surface area (Å²) >= 11 is 0. The Kier molecular flexibility index (Phi) is 7.63. The number of nitrogens with zero attached hydrogens (tertiary/aromatic N) is 3. The standard InChI is InChI=1S/C14H26N4O2S/c1-4-6-7-10-17(3)21(19,20)14-12-16-18(13-14)11-8-9-15-5-2/h4,12-13,15H,1,5-11H2,2-3H3. The molecule has 0 spiro atoms. The Morgan fingerprint density at radius 2 is 2.24 bits per heavy atom. The molecule has 1 rings (SSSR count). The molecule has 1 aromatic heterocycles. The molecule has 120 valence electrons. The predicted octanol–water partition coefficient (Wildman–Crippen LogP) is 1.47. The number of hydrogen-bond acceptors (Lipinski definition) is 4. The lowest BCUT2D eigenvalue weighted by atomic mass is 10.3. The highest BCUT2D eigenvalue weighted by molar-refractivity contribution is 7.89. The smallest absolute Gasteiger partial charge is 0.245 e. The highest BCUT2D eigenvalue weighted by atomic mass is 32.2. The Morgan fingerprint density at radius 1 is 1.48 bits per heavy atom. The summed E-state index contributed by atoms with van der Waals surface area (Å²) in [6.45, 7) is 8.73. The van der Waals surface area contributed by atoms with Gasteiger partial charge in [0.2, 0.25) is 10.0 Å². The van der Waals surface area contributed by atoms with Gasteiger partial charge in [-0.2, -0.15) is 5.10 Å². The fraction of sp³-hybridized carbons (Fsp3) is 0.643. The van der Waals surface area contributed by atoms with Crippen molar-refractivity contribution in [2.24, 2.45) is 0 Å². The Labute approximate surface area is 127 Å². The van der Waals surface area contributed by atoms with Gasteiger partial charge in [0, 0.05) is 26.3 Å². The van der Waals surface area contributed by atoms with Gasteiger partial charge >= 0.3 is 0 Å². The van der Waals surface area contributed by atoms with E-state index in [4.69, 9.17) is 0 Å². The van der Waals surface area contributed by atoms with E-state index in [2.05, 4.69) is 23.9 Å². The van der Waals surface area contributed by atoms with Crippen LogP contribution in [0.5, 0.6) is 0 Å². The average Bonchev–Trinajstić information content (AvgIpc) is 2.93. The maximum absolute atomic E-state index is 12.4. The molecule has 6 nitrogen and oxygen atoms in total. The number of rotatable bonds is 11. The maximum atomic E-state index is 12.4. The molecule has 0 bridgehead atoms. The van der Waals surface area contributed by atoms with Crippen molar-refractivity contribution >= 4 is 10.0 Å². The Balaban J connectivity index is 2.58. The normalized spacial score (nSPS) is 12.0. The summed E-state index contributed by atoms with van der Waals surface area (Å²) in [5, 5.41) is 7.35. The zero-order valence-electron chi connectivity index (χ0n) is 13.0. The number of aromatic nitrogens is 2. The monoisotopic (exact) mass is 314 g/mol. The summed E-state index contributed by atoms with van der Waals surface area (Å²) in [6.07, 6.45) is 7.32. The fourth-order valence-electron chi connectivity index (χ4n) is 1.90. The van der Waals surface area contributed by atoms with Crippen LogP contribution in [0.2, 0.25) is 0 Å². The minimum Gasteiger partial charge on any atom is -0.317 e. The highest BCUT2D eigenvalue weighted by Gasteiger charge is 2.21. The van der Waals surface area contributed by atoms with Crippen molar-refractivity contribution in [2.75, 3.05) is 26.7 Å². The lowest BCUT2D eigenvalue weighted by molar-refractivity contribution is 0.462. The molecule has 1 N–H and O–H groups in total. The van der Waals surface area contributed by atoms with Gasteiger partial charge in [0.1, 0.15) is 4.90 Å². The molecule has 0 saturated heterocycles. The minimum absolute atomic E-state index is 0.257. The van der Waals surface area contributed by atoms with Gasteiger partial charge in [-0.25, -0.2) is 12.7 Å². The second kappa shape index (κ2) is 8.96. The Bertz CT molecular complexity index is 525. The van der Waals surface area contributed by atoms with Crippen molar-refractivity contribution in [1.82, 2.24) is 19.4 Å². The molecule has 0 fully saturated rings. The van der Waals surface area contributed by atoms with Crippen molar-refractivity contribution in [3.8, 4) is 0 Å². The summed E-state index contributed by atoms with van der Waals surface area (Å²) in [5.74, 6) is 0. The van der Waals surface area contributed by atoms with Gasteiger partial charge in [-0.1, -0.05) is 13.0 Å². The molecule has 0 aromatic carbocycles. The average molecular weight is 314 g/mol. The first-order valence-electron chi connectivity index (χ1n) is 7.32. The van der Waals surface area contributed by atoms with E-state index in [9.17, 15) is 8.42 Å². The SMILES string of the molecule is C=CCCCN(C)S(=O)(=O)c1cnn(CCCNCC)c1. The van der Waals surface area contributed by atoms with Crippen molar-refractivity contribution in [1.29, 1.82) is 0 Å².